The first kappa shape index (κ1) is 10.3. The van der Waals surface area contributed by atoms with Crippen LogP contribution in [0.4, 0.5) is 0 Å². The van der Waals surface area contributed by atoms with Crippen LogP contribution in [0.2, 0.25) is 0 Å². The Morgan fingerprint density at radius 2 is 1.94 bits per heavy atom. The Kier molecular flexibility index (Phi) is 2.00. The van der Waals surface area contributed by atoms with Crippen molar-refractivity contribution in [3.8, 4) is 0 Å². The SMILES string of the molecule is C[C@@H]1[C@H]2CC[C@](C)(C2)[C@@]1(O)c1ccccc1. The van der Waals surface area contributed by atoms with Crippen LogP contribution in [0.5, 0.6) is 0 Å². The highest BCUT2D eigenvalue weighted by molar-refractivity contribution is 5.30. The fourth-order valence-corrected chi connectivity index (χ4v) is 4.25. The lowest BCUT2D eigenvalue weighted by molar-refractivity contribution is -0.105. The van der Waals surface area contributed by atoms with Gasteiger partial charge in [0.1, 0.15) is 0 Å². The van der Waals surface area contributed by atoms with E-state index in [1.54, 1.807) is 0 Å². The standard InChI is InChI=1S/C15H20O/c1-11-12-8-9-14(2,10-12)15(11,16)13-6-4-3-5-7-13/h3-7,11-12,16H,8-10H2,1-2H3/t11-,12+,14-,15+/m1/s1. The van der Waals surface area contributed by atoms with E-state index in [1.807, 2.05) is 18.2 Å². The van der Waals surface area contributed by atoms with Gasteiger partial charge in [0.15, 0.2) is 0 Å². The van der Waals surface area contributed by atoms with Crippen LogP contribution in [0.25, 0.3) is 0 Å². The third-order valence-electron chi connectivity index (χ3n) is 5.28. The fourth-order valence-electron chi connectivity index (χ4n) is 4.25. The van der Waals surface area contributed by atoms with E-state index in [0.29, 0.717) is 5.92 Å². The topological polar surface area (TPSA) is 20.2 Å². The van der Waals surface area contributed by atoms with Gasteiger partial charge in [-0.3, -0.25) is 0 Å². The van der Waals surface area contributed by atoms with Gasteiger partial charge in [-0.15, -0.1) is 0 Å². The molecule has 2 fully saturated rings. The van der Waals surface area contributed by atoms with E-state index in [2.05, 4.69) is 26.0 Å². The first-order valence-corrected chi connectivity index (χ1v) is 6.36. The van der Waals surface area contributed by atoms with Gasteiger partial charge in [-0.05, 0) is 36.7 Å². The van der Waals surface area contributed by atoms with Crippen molar-refractivity contribution in [2.45, 2.75) is 38.7 Å². The summed E-state index contributed by atoms with van der Waals surface area (Å²) >= 11 is 0. The van der Waals surface area contributed by atoms with E-state index in [1.165, 1.54) is 19.3 Å². The highest BCUT2D eigenvalue weighted by atomic mass is 16.3. The van der Waals surface area contributed by atoms with Crippen LogP contribution in [-0.4, -0.2) is 5.11 Å². The van der Waals surface area contributed by atoms with Crippen molar-refractivity contribution in [3.63, 3.8) is 0 Å². The molecule has 4 atom stereocenters. The van der Waals surface area contributed by atoms with Crippen molar-refractivity contribution in [1.82, 2.24) is 0 Å². The molecule has 16 heavy (non-hydrogen) atoms. The van der Waals surface area contributed by atoms with Crippen molar-refractivity contribution in [2.75, 3.05) is 0 Å². The normalized spacial score (nSPS) is 46.2. The molecule has 2 aliphatic rings. The predicted octanol–water partition coefficient (Wildman–Crippen LogP) is 3.33. The third kappa shape index (κ3) is 1.05. The lowest BCUT2D eigenvalue weighted by Crippen LogP contribution is -2.45. The quantitative estimate of drug-likeness (QED) is 0.763. The first-order valence-electron chi connectivity index (χ1n) is 6.36. The zero-order valence-corrected chi connectivity index (χ0v) is 10.1. The van der Waals surface area contributed by atoms with Gasteiger partial charge in [0, 0.05) is 5.41 Å². The summed E-state index contributed by atoms with van der Waals surface area (Å²) in [4.78, 5) is 0. The van der Waals surface area contributed by atoms with Gasteiger partial charge in [0.2, 0.25) is 0 Å². The minimum atomic E-state index is -0.600. The second-order valence-electron chi connectivity index (χ2n) is 5.98. The van der Waals surface area contributed by atoms with E-state index in [9.17, 15) is 5.11 Å². The molecule has 2 saturated carbocycles. The molecule has 1 aromatic carbocycles. The van der Waals surface area contributed by atoms with Crippen molar-refractivity contribution in [2.24, 2.45) is 17.3 Å². The van der Waals surface area contributed by atoms with Crippen molar-refractivity contribution in [3.05, 3.63) is 35.9 Å². The Labute approximate surface area is 97.5 Å². The number of aliphatic hydroxyl groups is 1. The van der Waals surface area contributed by atoms with Gasteiger partial charge >= 0.3 is 0 Å². The molecule has 1 nitrogen and oxygen atoms in total. The second kappa shape index (κ2) is 3.10. The summed E-state index contributed by atoms with van der Waals surface area (Å²) in [6.07, 6.45) is 3.67. The highest BCUT2D eigenvalue weighted by Gasteiger charge is 2.63. The summed E-state index contributed by atoms with van der Waals surface area (Å²) in [5, 5.41) is 11.2. The molecule has 0 aliphatic heterocycles. The molecule has 0 amide bonds. The second-order valence-corrected chi connectivity index (χ2v) is 5.98. The number of benzene rings is 1. The molecule has 0 radical (unpaired) electrons. The minimum Gasteiger partial charge on any atom is -0.384 e. The van der Waals surface area contributed by atoms with E-state index in [-0.39, 0.29) is 5.41 Å². The molecule has 0 aromatic heterocycles. The molecular weight excluding hydrogens is 196 g/mol. The smallest absolute Gasteiger partial charge is 0.0977 e. The summed E-state index contributed by atoms with van der Waals surface area (Å²) in [6, 6.07) is 10.3. The molecule has 0 spiro atoms. The molecule has 1 heteroatoms. The van der Waals surface area contributed by atoms with Gasteiger partial charge in [0.05, 0.1) is 5.60 Å². The maximum atomic E-state index is 11.2. The van der Waals surface area contributed by atoms with Crippen LogP contribution in [0.1, 0.15) is 38.7 Å². The molecule has 2 aliphatic carbocycles. The van der Waals surface area contributed by atoms with Gasteiger partial charge in [0.25, 0.3) is 0 Å². The lowest BCUT2D eigenvalue weighted by Gasteiger charge is -2.45. The third-order valence-corrected chi connectivity index (χ3v) is 5.28. The summed E-state index contributed by atoms with van der Waals surface area (Å²) in [5.74, 6) is 1.11. The molecule has 2 bridgehead atoms. The van der Waals surface area contributed by atoms with Crippen LogP contribution >= 0.6 is 0 Å². The summed E-state index contributed by atoms with van der Waals surface area (Å²) in [6.45, 7) is 4.49. The van der Waals surface area contributed by atoms with E-state index in [4.69, 9.17) is 0 Å². The molecule has 0 saturated heterocycles. The Morgan fingerprint density at radius 3 is 2.50 bits per heavy atom. The Morgan fingerprint density at radius 1 is 1.25 bits per heavy atom. The Bertz CT molecular complexity index is 399. The molecule has 0 unspecified atom stereocenters. The number of hydrogen-bond donors (Lipinski definition) is 1. The van der Waals surface area contributed by atoms with Crippen LogP contribution in [0.15, 0.2) is 30.3 Å². The van der Waals surface area contributed by atoms with Crippen LogP contribution < -0.4 is 0 Å². The van der Waals surface area contributed by atoms with Crippen LogP contribution in [0.3, 0.4) is 0 Å². The van der Waals surface area contributed by atoms with Crippen LogP contribution in [-0.2, 0) is 5.60 Å². The highest BCUT2D eigenvalue weighted by Crippen LogP contribution is 2.66. The van der Waals surface area contributed by atoms with Gasteiger partial charge in [-0.25, -0.2) is 0 Å². The van der Waals surface area contributed by atoms with Gasteiger partial charge in [-0.1, -0.05) is 44.2 Å². The first-order chi connectivity index (χ1) is 7.58. The molecular formula is C15H20O. The number of rotatable bonds is 1. The minimum absolute atomic E-state index is 0.0957. The Balaban J connectivity index is 2.11. The van der Waals surface area contributed by atoms with Crippen molar-refractivity contribution in [1.29, 1.82) is 0 Å². The van der Waals surface area contributed by atoms with E-state index < -0.39 is 5.60 Å². The largest absolute Gasteiger partial charge is 0.384 e. The molecule has 86 valence electrons. The maximum Gasteiger partial charge on any atom is 0.0977 e. The average Bonchev–Trinajstić information content (AvgIpc) is 2.78. The fraction of sp³-hybridized carbons (Fsp3) is 0.600. The summed E-state index contributed by atoms with van der Waals surface area (Å²) in [5.41, 5.74) is 0.613. The summed E-state index contributed by atoms with van der Waals surface area (Å²) < 4.78 is 0. The number of hydrogen-bond acceptors (Lipinski definition) is 1. The molecule has 3 rings (SSSR count). The number of fused-ring (bicyclic) bond motifs is 2. The van der Waals surface area contributed by atoms with Gasteiger partial charge < -0.3 is 5.11 Å². The molecule has 1 aromatic rings. The van der Waals surface area contributed by atoms with Gasteiger partial charge in [-0.2, -0.15) is 0 Å². The van der Waals surface area contributed by atoms with Crippen molar-refractivity contribution >= 4 is 0 Å². The Hall–Kier alpha value is -0.820. The lowest BCUT2D eigenvalue weighted by atomic mass is 9.65. The maximum absolute atomic E-state index is 11.2. The average molecular weight is 216 g/mol. The zero-order chi connectivity index (χ0) is 11.4. The molecule has 1 N–H and O–H groups in total. The predicted molar refractivity (Wildman–Crippen MR) is 65.0 cm³/mol. The van der Waals surface area contributed by atoms with E-state index >= 15 is 0 Å². The van der Waals surface area contributed by atoms with Crippen LogP contribution in [0, 0.1) is 17.3 Å². The zero-order valence-electron chi connectivity index (χ0n) is 10.1. The monoisotopic (exact) mass is 216 g/mol. The summed E-state index contributed by atoms with van der Waals surface area (Å²) in [7, 11) is 0. The molecule has 0 heterocycles. The van der Waals surface area contributed by atoms with E-state index in [0.717, 1.165) is 11.5 Å². The van der Waals surface area contributed by atoms with Crippen molar-refractivity contribution < 1.29 is 5.11 Å².